The maximum absolute atomic E-state index is 13.2. The van der Waals surface area contributed by atoms with Crippen LogP contribution in [0.15, 0.2) is 30.3 Å². The molecule has 1 aromatic heterocycles. The fraction of sp³-hybridized carbons (Fsp3) is 0.545. The number of hydrogen-bond donors (Lipinski definition) is 2. The number of aromatic amines is 1. The Morgan fingerprint density at radius 2 is 1.90 bits per heavy atom. The summed E-state index contributed by atoms with van der Waals surface area (Å²) >= 11 is 0. The van der Waals surface area contributed by atoms with E-state index in [0.29, 0.717) is 43.6 Å². The second-order valence-corrected chi connectivity index (χ2v) is 9.40. The fourth-order valence-electron chi connectivity index (χ4n) is 4.27. The lowest BCUT2D eigenvalue weighted by Gasteiger charge is -2.38. The highest BCUT2D eigenvalue weighted by atomic mass is 19.1. The van der Waals surface area contributed by atoms with Crippen LogP contribution in [0.2, 0.25) is 0 Å². The van der Waals surface area contributed by atoms with Gasteiger partial charge in [0.2, 0.25) is 0 Å². The minimum Gasteiger partial charge on any atom is -0.383 e. The minimum absolute atomic E-state index is 0.0848. The van der Waals surface area contributed by atoms with Crippen LogP contribution in [0.25, 0.3) is 0 Å². The molecule has 7 heteroatoms. The van der Waals surface area contributed by atoms with Crippen LogP contribution in [-0.2, 0) is 15.8 Å². The normalized spacial score (nSPS) is 24.2. The van der Waals surface area contributed by atoms with E-state index in [-0.39, 0.29) is 23.7 Å². The fourth-order valence-corrected chi connectivity index (χ4v) is 4.27. The molecular weight excluding hydrogens is 373 g/mol. The lowest BCUT2D eigenvalue weighted by atomic mass is 9.80. The Kier molecular flexibility index (Phi) is 4.78. The largest absolute Gasteiger partial charge is 0.383 e. The number of ether oxygens (including phenoxy) is 1. The first kappa shape index (κ1) is 20.0. The van der Waals surface area contributed by atoms with Gasteiger partial charge in [0, 0.05) is 30.6 Å². The molecular formula is C22H28FN3O3. The molecule has 0 bridgehead atoms. The molecule has 1 spiro atoms. The molecule has 29 heavy (non-hydrogen) atoms. The summed E-state index contributed by atoms with van der Waals surface area (Å²) in [5, 5.41) is 18.2. The number of nitrogens with zero attached hydrogens (tertiary/aromatic N) is 2. The highest BCUT2D eigenvalue weighted by Crippen LogP contribution is 2.45. The van der Waals surface area contributed by atoms with Gasteiger partial charge in [0.1, 0.15) is 17.1 Å². The molecule has 2 saturated heterocycles. The number of amides is 1. The second-order valence-electron chi connectivity index (χ2n) is 9.40. The molecule has 4 rings (SSSR count). The van der Waals surface area contributed by atoms with E-state index in [4.69, 9.17) is 4.74 Å². The molecule has 2 aliphatic heterocycles. The molecule has 2 aromatic rings. The predicted octanol–water partition coefficient (Wildman–Crippen LogP) is 3.13. The predicted molar refractivity (Wildman–Crippen MR) is 106 cm³/mol. The first-order valence-electron chi connectivity index (χ1n) is 10.1. The molecule has 0 unspecified atom stereocenters. The van der Waals surface area contributed by atoms with E-state index in [1.807, 2.05) is 6.07 Å². The Hall–Kier alpha value is -2.25. The maximum atomic E-state index is 13.2. The number of piperidine rings is 1. The average molecular weight is 401 g/mol. The molecule has 1 aromatic carbocycles. The number of nitrogens with one attached hydrogen (secondary N) is 1. The average Bonchev–Trinajstić information content (AvgIpc) is 3.29. The van der Waals surface area contributed by atoms with Crippen molar-refractivity contribution in [1.82, 2.24) is 15.1 Å². The van der Waals surface area contributed by atoms with Crippen molar-refractivity contribution in [1.29, 1.82) is 0 Å². The summed E-state index contributed by atoms with van der Waals surface area (Å²) < 4.78 is 19.3. The first-order valence-corrected chi connectivity index (χ1v) is 10.1. The molecule has 3 heterocycles. The molecule has 0 saturated carbocycles. The van der Waals surface area contributed by atoms with Crippen LogP contribution in [-0.4, -0.2) is 51.4 Å². The van der Waals surface area contributed by atoms with Crippen LogP contribution < -0.4 is 0 Å². The second kappa shape index (κ2) is 6.92. The van der Waals surface area contributed by atoms with E-state index in [1.54, 1.807) is 17.0 Å². The number of aliphatic hydroxyl groups is 1. The minimum atomic E-state index is -1.12. The molecule has 0 aliphatic carbocycles. The summed E-state index contributed by atoms with van der Waals surface area (Å²) in [6.07, 6.45) is 1.75. The van der Waals surface area contributed by atoms with Crippen molar-refractivity contribution in [2.24, 2.45) is 0 Å². The molecule has 156 valence electrons. The lowest BCUT2D eigenvalue weighted by molar-refractivity contribution is -0.0432. The third-order valence-corrected chi connectivity index (χ3v) is 6.18. The van der Waals surface area contributed by atoms with Gasteiger partial charge in [-0.1, -0.05) is 32.9 Å². The Balaban J connectivity index is 1.41. The Morgan fingerprint density at radius 1 is 1.24 bits per heavy atom. The third kappa shape index (κ3) is 3.81. The van der Waals surface area contributed by atoms with Crippen molar-refractivity contribution in [2.45, 2.75) is 56.7 Å². The van der Waals surface area contributed by atoms with Crippen molar-refractivity contribution in [3.63, 3.8) is 0 Å². The van der Waals surface area contributed by atoms with Crippen LogP contribution in [0.5, 0.6) is 0 Å². The smallest absolute Gasteiger partial charge is 0.274 e. The summed E-state index contributed by atoms with van der Waals surface area (Å²) in [5.74, 6) is -0.413. The number of halogens is 1. The van der Waals surface area contributed by atoms with E-state index in [2.05, 4.69) is 31.0 Å². The summed E-state index contributed by atoms with van der Waals surface area (Å²) in [7, 11) is 0. The quantitative estimate of drug-likeness (QED) is 0.810. The van der Waals surface area contributed by atoms with Gasteiger partial charge in [0.25, 0.3) is 5.91 Å². The Morgan fingerprint density at radius 3 is 2.48 bits per heavy atom. The van der Waals surface area contributed by atoms with Crippen LogP contribution in [0.4, 0.5) is 4.39 Å². The standard InChI is InChI=1S/C22H28FN3O3/c1-20(2,3)18-12-17(24-25-18)19(27)26-10-8-21(9-11-26)13-22(28,14-29-21)15-4-6-16(23)7-5-15/h4-7,12,28H,8-11,13-14H2,1-3H3,(H,24,25)/t22-/m1/s1. The van der Waals surface area contributed by atoms with Crippen molar-refractivity contribution in [3.8, 4) is 0 Å². The van der Waals surface area contributed by atoms with E-state index >= 15 is 0 Å². The zero-order valence-electron chi connectivity index (χ0n) is 17.2. The lowest BCUT2D eigenvalue weighted by Crippen LogP contribution is -2.47. The van der Waals surface area contributed by atoms with Crippen molar-refractivity contribution in [3.05, 3.63) is 53.1 Å². The van der Waals surface area contributed by atoms with Crippen LogP contribution in [0, 0.1) is 5.82 Å². The number of carbonyl (C=O) groups is 1. The molecule has 2 aliphatic rings. The maximum Gasteiger partial charge on any atom is 0.274 e. The van der Waals surface area contributed by atoms with Gasteiger partial charge in [-0.05, 0) is 36.6 Å². The van der Waals surface area contributed by atoms with Crippen molar-refractivity contribution < 1.29 is 19.0 Å². The Labute approximate surface area is 170 Å². The van der Waals surface area contributed by atoms with E-state index in [1.165, 1.54) is 12.1 Å². The van der Waals surface area contributed by atoms with Crippen molar-refractivity contribution in [2.75, 3.05) is 19.7 Å². The monoisotopic (exact) mass is 401 g/mol. The zero-order chi connectivity index (χ0) is 20.9. The molecule has 2 fully saturated rings. The molecule has 1 atom stereocenters. The number of benzene rings is 1. The Bertz CT molecular complexity index is 895. The van der Waals surface area contributed by atoms with Gasteiger partial charge in [0.05, 0.1) is 12.2 Å². The van der Waals surface area contributed by atoms with Gasteiger partial charge in [-0.2, -0.15) is 5.10 Å². The van der Waals surface area contributed by atoms with Crippen LogP contribution >= 0.6 is 0 Å². The summed E-state index contributed by atoms with van der Waals surface area (Å²) in [6.45, 7) is 7.49. The van der Waals surface area contributed by atoms with E-state index in [9.17, 15) is 14.3 Å². The van der Waals surface area contributed by atoms with E-state index < -0.39 is 11.2 Å². The molecule has 6 nitrogen and oxygen atoms in total. The number of hydrogen-bond acceptors (Lipinski definition) is 4. The summed E-state index contributed by atoms with van der Waals surface area (Å²) in [4.78, 5) is 14.6. The van der Waals surface area contributed by atoms with Crippen molar-refractivity contribution >= 4 is 5.91 Å². The molecule has 0 radical (unpaired) electrons. The van der Waals surface area contributed by atoms with Gasteiger partial charge in [-0.25, -0.2) is 4.39 Å². The summed E-state index contributed by atoms with van der Waals surface area (Å²) in [5.41, 5.74) is 0.352. The number of carbonyl (C=O) groups excluding carboxylic acids is 1. The number of aromatic nitrogens is 2. The SMILES string of the molecule is CC(C)(C)c1cc(C(=O)N2CCC3(CC2)C[C@](O)(c2ccc(F)cc2)CO3)n[nH]1. The zero-order valence-corrected chi connectivity index (χ0v) is 17.2. The molecule has 1 amide bonds. The highest BCUT2D eigenvalue weighted by Gasteiger charge is 2.51. The van der Waals surface area contributed by atoms with Gasteiger partial charge in [-0.15, -0.1) is 0 Å². The van der Waals surface area contributed by atoms with Crippen LogP contribution in [0.1, 0.15) is 61.8 Å². The van der Waals surface area contributed by atoms with Crippen LogP contribution in [0.3, 0.4) is 0 Å². The third-order valence-electron chi connectivity index (χ3n) is 6.18. The number of H-pyrrole nitrogens is 1. The van der Waals surface area contributed by atoms with Gasteiger partial charge < -0.3 is 14.7 Å². The highest BCUT2D eigenvalue weighted by molar-refractivity contribution is 5.92. The first-order chi connectivity index (χ1) is 13.6. The van der Waals surface area contributed by atoms with Gasteiger partial charge in [-0.3, -0.25) is 9.89 Å². The number of likely N-dealkylation sites (tertiary alicyclic amines) is 1. The number of rotatable bonds is 2. The topological polar surface area (TPSA) is 78.5 Å². The molecule has 2 N–H and O–H groups in total. The van der Waals surface area contributed by atoms with Gasteiger partial charge >= 0.3 is 0 Å². The van der Waals surface area contributed by atoms with E-state index in [0.717, 1.165) is 5.69 Å². The summed E-state index contributed by atoms with van der Waals surface area (Å²) in [6, 6.07) is 7.76. The van der Waals surface area contributed by atoms with Gasteiger partial charge in [0.15, 0.2) is 0 Å².